The maximum absolute atomic E-state index is 13.6. The largest absolute Gasteiger partial charge is 0.206 e. The van der Waals surface area contributed by atoms with Crippen LogP contribution in [0.4, 0.5) is 26.3 Å². The lowest BCUT2D eigenvalue weighted by atomic mass is 9.87. The van der Waals surface area contributed by atoms with Gasteiger partial charge in [0.2, 0.25) is 0 Å². The standard InChI is InChI=1S/C11H3BF6/c1-2-6(13)4-3(8(15)7(2)14)5(12)10(17)11(18)9(4)16/h1H3. The minimum absolute atomic E-state index is 0.837. The summed E-state index contributed by atoms with van der Waals surface area (Å²) in [4.78, 5) is 0. The molecular formula is C11H3BF6. The van der Waals surface area contributed by atoms with Gasteiger partial charge in [0.05, 0.1) is 5.39 Å². The van der Waals surface area contributed by atoms with Gasteiger partial charge >= 0.3 is 0 Å². The topological polar surface area (TPSA) is 0 Å². The Kier molecular flexibility index (Phi) is 2.79. The smallest absolute Gasteiger partial charge is 0.194 e. The zero-order valence-electron chi connectivity index (χ0n) is 8.85. The highest BCUT2D eigenvalue weighted by molar-refractivity contribution is 6.39. The predicted octanol–water partition coefficient (Wildman–Crippen LogP) is 2.78. The third-order valence-corrected chi connectivity index (χ3v) is 2.65. The molecule has 0 heterocycles. The number of hydrogen-bond donors (Lipinski definition) is 0. The highest BCUT2D eigenvalue weighted by Crippen LogP contribution is 2.30. The highest BCUT2D eigenvalue weighted by atomic mass is 19.2. The molecule has 0 aliphatic carbocycles. The minimum atomic E-state index is -2.04. The average molecular weight is 260 g/mol. The number of hydrogen-bond acceptors (Lipinski definition) is 0. The van der Waals surface area contributed by atoms with Crippen molar-refractivity contribution in [2.24, 2.45) is 0 Å². The molecule has 0 saturated heterocycles. The van der Waals surface area contributed by atoms with Crippen molar-refractivity contribution in [3.8, 4) is 0 Å². The van der Waals surface area contributed by atoms with Crippen LogP contribution in [0, 0.1) is 41.8 Å². The van der Waals surface area contributed by atoms with Crippen molar-refractivity contribution in [2.45, 2.75) is 6.92 Å². The fourth-order valence-electron chi connectivity index (χ4n) is 1.67. The first kappa shape index (κ1) is 12.8. The van der Waals surface area contributed by atoms with Crippen LogP contribution in [0.3, 0.4) is 0 Å². The van der Waals surface area contributed by atoms with Crippen molar-refractivity contribution >= 4 is 24.1 Å². The molecule has 7 heteroatoms. The molecule has 2 rings (SSSR count). The first-order valence-electron chi connectivity index (χ1n) is 4.67. The average Bonchev–Trinajstić information content (AvgIpc) is 2.35. The summed E-state index contributed by atoms with van der Waals surface area (Å²) in [6.45, 7) is 0.837. The molecule has 0 aliphatic heterocycles. The van der Waals surface area contributed by atoms with Crippen molar-refractivity contribution in [3.63, 3.8) is 0 Å². The summed E-state index contributed by atoms with van der Waals surface area (Å²) in [7, 11) is 5.02. The van der Waals surface area contributed by atoms with Gasteiger partial charge in [0, 0.05) is 10.9 Å². The molecule has 0 atom stereocenters. The van der Waals surface area contributed by atoms with Gasteiger partial charge in [-0.15, -0.1) is 0 Å². The van der Waals surface area contributed by atoms with Gasteiger partial charge in [0.1, 0.15) is 13.7 Å². The van der Waals surface area contributed by atoms with Crippen LogP contribution in [0.2, 0.25) is 0 Å². The Bertz CT molecular complexity index is 567. The molecule has 0 bridgehead atoms. The second kappa shape index (κ2) is 3.93. The Morgan fingerprint density at radius 3 is 1.67 bits per heavy atom. The van der Waals surface area contributed by atoms with Gasteiger partial charge in [-0.1, -0.05) is 0 Å². The number of benzene rings is 2. The molecule has 0 amide bonds. The van der Waals surface area contributed by atoms with Crippen molar-refractivity contribution < 1.29 is 26.3 Å². The van der Waals surface area contributed by atoms with E-state index in [4.69, 9.17) is 7.85 Å². The molecule has 18 heavy (non-hydrogen) atoms. The molecule has 0 N–H and O–H groups in total. The van der Waals surface area contributed by atoms with E-state index in [0.717, 1.165) is 6.92 Å². The van der Waals surface area contributed by atoms with E-state index in [1.807, 2.05) is 0 Å². The molecule has 0 spiro atoms. The summed E-state index contributed by atoms with van der Waals surface area (Å²) in [5.41, 5.74) is -2.02. The lowest BCUT2D eigenvalue weighted by Crippen LogP contribution is -2.18. The van der Waals surface area contributed by atoms with Crippen molar-refractivity contribution in [2.75, 3.05) is 0 Å². The summed E-state index contributed by atoms with van der Waals surface area (Å²) in [6.07, 6.45) is 0. The number of rotatable bonds is 0. The zero-order valence-corrected chi connectivity index (χ0v) is 8.85. The molecular weight excluding hydrogens is 257 g/mol. The predicted molar refractivity (Wildman–Crippen MR) is 53.8 cm³/mol. The quantitative estimate of drug-likeness (QED) is 0.295. The normalized spacial score (nSPS) is 11.3. The van der Waals surface area contributed by atoms with Crippen LogP contribution in [-0.4, -0.2) is 7.85 Å². The van der Waals surface area contributed by atoms with Crippen LogP contribution in [0.5, 0.6) is 0 Å². The molecule has 2 radical (unpaired) electrons. The van der Waals surface area contributed by atoms with Gasteiger partial charge < -0.3 is 0 Å². The molecule has 0 nitrogen and oxygen atoms in total. The van der Waals surface area contributed by atoms with Crippen LogP contribution < -0.4 is 5.46 Å². The van der Waals surface area contributed by atoms with Gasteiger partial charge in [0.15, 0.2) is 29.1 Å². The van der Waals surface area contributed by atoms with Crippen LogP contribution in [-0.2, 0) is 0 Å². The van der Waals surface area contributed by atoms with Crippen LogP contribution in [0.25, 0.3) is 10.8 Å². The van der Waals surface area contributed by atoms with E-state index >= 15 is 0 Å². The molecule has 0 fully saturated rings. The lowest BCUT2D eigenvalue weighted by Gasteiger charge is -2.12. The summed E-state index contributed by atoms with van der Waals surface area (Å²) >= 11 is 0. The first-order valence-corrected chi connectivity index (χ1v) is 4.67. The maximum atomic E-state index is 13.6. The van der Waals surface area contributed by atoms with E-state index in [9.17, 15) is 26.3 Å². The summed E-state index contributed by atoms with van der Waals surface area (Å²) in [5.74, 6) is -10.7. The molecule has 0 aliphatic rings. The Morgan fingerprint density at radius 1 is 0.611 bits per heavy atom. The van der Waals surface area contributed by atoms with Crippen LogP contribution in [0.1, 0.15) is 5.56 Å². The second-order valence-electron chi connectivity index (χ2n) is 3.67. The SMILES string of the molecule is [B]c1c(F)c(F)c(F)c2c(F)c(C)c(F)c(F)c12. The molecule has 0 saturated carbocycles. The highest BCUT2D eigenvalue weighted by Gasteiger charge is 2.26. The van der Waals surface area contributed by atoms with Gasteiger partial charge in [-0.3, -0.25) is 0 Å². The monoisotopic (exact) mass is 260 g/mol. The number of fused-ring (bicyclic) bond motifs is 1. The summed E-state index contributed by atoms with van der Waals surface area (Å²) < 4.78 is 79.9. The molecule has 2 aromatic carbocycles. The third kappa shape index (κ3) is 1.42. The minimum Gasteiger partial charge on any atom is -0.206 e. The molecule has 0 unspecified atom stereocenters. The van der Waals surface area contributed by atoms with Gasteiger partial charge in [-0.25, -0.2) is 26.3 Å². The van der Waals surface area contributed by atoms with Gasteiger partial charge in [-0.05, 0) is 12.4 Å². The van der Waals surface area contributed by atoms with Crippen molar-refractivity contribution in [1.29, 1.82) is 0 Å². The van der Waals surface area contributed by atoms with Crippen LogP contribution in [0.15, 0.2) is 0 Å². The Morgan fingerprint density at radius 2 is 1.11 bits per heavy atom. The Labute approximate surface area is 98.6 Å². The Balaban J connectivity index is 3.22. The van der Waals surface area contributed by atoms with E-state index in [2.05, 4.69) is 0 Å². The third-order valence-electron chi connectivity index (χ3n) is 2.65. The Hall–Kier alpha value is -1.66. The van der Waals surface area contributed by atoms with Crippen molar-refractivity contribution in [3.05, 3.63) is 40.5 Å². The fraction of sp³-hybridized carbons (Fsp3) is 0.0909. The van der Waals surface area contributed by atoms with E-state index in [1.54, 1.807) is 0 Å². The second-order valence-corrected chi connectivity index (χ2v) is 3.67. The van der Waals surface area contributed by atoms with E-state index < -0.39 is 56.7 Å². The maximum Gasteiger partial charge on any atom is 0.194 e. The van der Waals surface area contributed by atoms with Gasteiger partial charge in [-0.2, -0.15) is 0 Å². The van der Waals surface area contributed by atoms with Crippen molar-refractivity contribution in [1.82, 2.24) is 0 Å². The van der Waals surface area contributed by atoms with E-state index in [1.165, 1.54) is 0 Å². The molecule has 0 aromatic heterocycles. The molecule has 92 valence electrons. The van der Waals surface area contributed by atoms with Gasteiger partial charge in [0.25, 0.3) is 0 Å². The van der Waals surface area contributed by atoms with E-state index in [-0.39, 0.29) is 0 Å². The molecule has 2 aromatic rings. The number of halogens is 6. The zero-order chi connectivity index (χ0) is 13.8. The summed E-state index contributed by atoms with van der Waals surface area (Å²) in [5, 5.41) is -2.35. The van der Waals surface area contributed by atoms with Crippen LogP contribution >= 0.6 is 0 Å². The summed E-state index contributed by atoms with van der Waals surface area (Å²) in [6, 6.07) is 0. The first-order chi connectivity index (χ1) is 8.29. The van der Waals surface area contributed by atoms with E-state index in [0.29, 0.717) is 0 Å². The lowest BCUT2D eigenvalue weighted by molar-refractivity contribution is 0.450. The fourth-order valence-corrected chi connectivity index (χ4v) is 1.67.